The summed E-state index contributed by atoms with van der Waals surface area (Å²) in [5, 5.41) is 8.34. The van der Waals surface area contributed by atoms with E-state index in [0.29, 0.717) is 15.3 Å². The highest BCUT2D eigenvalue weighted by Crippen LogP contribution is 2.18. The monoisotopic (exact) mass is 397 g/mol. The third kappa shape index (κ3) is 2.68. The Morgan fingerprint density at radius 1 is 1.12 bits per heavy atom. The average molecular weight is 398 g/mol. The summed E-state index contributed by atoms with van der Waals surface area (Å²) in [5.41, 5.74) is 2.93. The van der Waals surface area contributed by atoms with Crippen molar-refractivity contribution in [2.45, 2.75) is 6.92 Å². The minimum atomic E-state index is -0.0875. The number of rotatable bonds is 2. The lowest BCUT2D eigenvalue weighted by atomic mass is 10.1. The van der Waals surface area contributed by atoms with E-state index in [9.17, 15) is 4.79 Å². The lowest BCUT2D eigenvalue weighted by Gasteiger charge is -1.97. The standard InChI is InChI=1S/C18H12BrN3OS/c1-11-5-7-13(8-6-11)16-20-21-18-22(16)17(23)15(24-18)10-12-3-2-4-14(19)9-12/h2-10H,1H3/b15-10+. The molecule has 4 rings (SSSR count). The third-order valence-corrected chi connectivity index (χ3v) is 5.16. The van der Waals surface area contributed by atoms with Gasteiger partial charge in [-0.15, -0.1) is 10.2 Å². The van der Waals surface area contributed by atoms with Gasteiger partial charge in [0.05, 0.1) is 4.53 Å². The first-order valence-electron chi connectivity index (χ1n) is 7.34. The van der Waals surface area contributed by atoms with Crippen LogP contribution in [0.2, 0.25) is 0 Å². The molecule has 0 unspecified atom stereocenters. The third-order valence-electron chi connectivity index (χ3n) is 3.70. The molecule has 0 bridgehead atoms. The lowest BCUT2D eigenvalue weighted by molar-refractivity contribution is 1.09. The fourth-order valence-corrected chi connectivity index (χ4v) is 3.83. The van der Waals surface area contributed by atoms with E-state index in [1.54, 1.807) is 4.40 Å². The maximum absolute atomic E-state index is 12.8. The first kappa shape index (κ1) is 15.2. The molecule has 0 N–H and O–H groups in total. The first-order chi connectivity index (χ1) is 11.6. The van der Waals surface area contributed by atoms with Gasteiger partial charge in [0.15, 0.2) is 5.82 Å². The summed E-state index contributed by atoms with van der Waals surface area (Å²) in [6, 6.07) is 15.8. The van der Waals surface area contributed by atoms with Gasteiger partial charge in [-0.2, -0.15) is 0 Å². The highest BCUT2D eigenvalue weighted by atomic mass is 79.9. The number of aromatic nitrogens is 3. The Morgan fingerprint density at radius 3 is 2.67 bits per heavy atom. The van der Waals surface area contributed by atoms with Gasteiger partial charge in [-0.05, 0) is 30.7 Å². The van der Waals surface area contributed by atoms with Crippen molar-refractivity contribution in [2.75, 3.05) is 0 Å². The summed E-state index contributed by atoms with van der Waals surface area (Å²) in [6.45, 7) is 2.03. The SMILES string of the molecule is Cc1ccc(-c2nnc3s/c(=C/c4cccc(Br)c4)c(=O)n23)cc1. The first-order valence-corrected chi connectivity index (χ1v) is 8.95. The predicted octanol–water partition coefficient (Wildman–Crippen LogP) is 3.44. The average Bonchev–Trinajstić information content (AvgIpc) is 3.10. The molecule has 2 aromatic heterocycles. The summed E-state index contributed by atoms with van der Waals surface area (Å²) in [7, 11) is 0. The van der Waals surface area contributed by atoms with Crippen LogP contribution >= 0.6 is 27.3 Å². The Bertz CT molecular complexity index is 1150. The van der Waals surface area contributed by atoms with Crippen LogP contribution in [0.5, 0.6) is 0 Å². The summed E-state index contributed by atoms with van der Waals surface area (Å²) < 4.78 is 3.21. The molecule has 0 atom stereocenters. The number of fused-ring (bicyclic) bond motifs is 1. The van der Waals surface area contributed by atoms with Crippen molar-refractivity contribution in [3.8, 4) is 11.4 Å². The Kier molecular flexibility index (Phi) is 3.78. The molecule has 4 nitrogen and oxygen atoms in total. The molecule has 0 aliphatic heterocycles. The van der Waals surface area contributed by atoms with Gasteiger partial charge in [0.25, 0.3) is 5.56 Å². The van der Waals surface area contributed by atoms with Crippen LogP contribution in [0.1, 0.15) is 11.1 Å². The number of halogens is 1. The van der Waals surface area contributed by atoms with Gasteiger partial charge in [-0.1, -0.05) is 69.2 Å². The minimum Gasteiger partial charge on any atom is -0.267 e. The van der Waals surface area contributed by atoms with Crippen LogP contribution in [-0.2, 0) is 0 Å². The Morgan fingerprint density at radius 2 is 1.92 bits per heavy atom. The van der Waals surface area contributed by atoms with E-state index < -0.39 is 0 Å². The molecule has 2 aromatic carbocycles. The second-order valence-corrected chi connectivity index (χ2v) is 7.40. The highest BCUT2D eigenvalue weighted by molar-refractivity contribution is 9.10. The normalized spacial score (nSPS) is 12.2. The van der Waals surface area contributed by atoms with Crippen molar-refractivity contribution in [1.82, 2.24) is 14.6 Å². The van der Waals surface area contributed by atoms with Crippen LogP contribution in [0, 0.1) is 6.92 Å². The molecule has 24 heavy (non-hydrogen) atoms. The van der Waals surface area contributed by atoms with E-state index in [1.165, 1.54) is 11.3 Å². The van der Waals surface area contributed by atoms with Gasteiger partial charge in [-0.25, -0.2) is 4.40 Å². The molecule has 0 fully saturated rings. The molecule has 0 spiro atoms. The van der Waals surface area contributed by atoms with Crippen LogP contribution in [0.4, 0.5) is 0 Å². The second-order valence-electron chi connectivity index (χ2n) is 5.48. The molecule has 4 aromatic rings. The Labute approximate surface area is 150 Å². The number of nitrogens with zero attached hydrogens (tertiary/aromatic N) is 3. The van der Waals surface area contributed by atoms with Crippen LogP contribution in [0.3, 0.4) is 0 Å². The van der Waals surface area contributed by atoms with Gasteiger partial charge in [0, 0.05) is 10.0 Å². The molecule has 6 heteroatoms. The van der Waals surface area contributed by atoms with Crippen LogP contribution < -0.4 is 10.1 Å². The number of hydrogen-bond donors (Lipinski definition) is 0. The van der Waals surface area contributed by atoms with Gasteiger partial charge in [0.1, 0.15) is 0 Å². The van der Waals surface area contributed by atoms with E-state index in [0.717, 1.165) is 21.2 Å². The topological polar surface area (TPSA) is 47.3 Å². The summed E-state index contributed by atoms with van der Waals surface area (Å²) in [6.07, 6.45) is 1.88. The van der Waals surface area contributed by atoms with E-state index >= 15 is 0 Å². The zero-order chi connectivity index (χ0) is 16.7. The second kappa shape index (κ2) is 5.96. The molecule has 0 saturated heterocycles. The molecule has 0 aliphatic rings. The van der Waals surface area contributed by atoms with Gasteiger partial charge in [0.2, 0.25) is 4.96 Å². The van der Waals surface area contributed by atoms with Crippen molar-refractivity contribution in [3.63, 3.8) is 0 Å². The van der Waals surface area contributed by atoms with Crippen molar-refractivity contribution in [1.29, 1.82) is 0 Å². The van der Waals surface area contributed by atoms with E-state index in [-0.39, 0.29) is 5.56 Å². The Hall–Kier alpha value is -2.31. The summed E-state index contributed by atoms with van der Waals surface area (Å²) >= 11 is 4.80. The Balaban J connectivity index is 1.91. The van der Waals surface area contributed by atoms with E-state index in [4.69, 9.17) is 0 Å². The maximum Gasteiger partial charge on any atom is 0.276 e. The highest BCUT2D eigenvalue weighted by Gasteiger charge is 2.13. The maximum atomic E-state index is 12.8. The molecule has 118 valence electrons. The van der Waals surface area contributed by atoms with Crippen LogP contribution in [-0.4, -0.2) is 14.6 Å². The zero-order valence-electron chi connectivity index (χ0n) is 12.7. The molecular weight excluding hydrogens is 386 g/mol. The molecular formula is C18H12BrN3OS. The largest absolute Gasteiger partial charge is 0.276 e. The van der Waals surface area contributed by atoms with E-state index in [2.05, 4.69) is 26.1 Å². The molecule has 2 heterocycles. The van der Waals surface area contributed by atoms with Crippen LogP contribution in [0.15, 0.2) is 57.8 Å². The number of thiazole rings is 1. The van der Waals surface area contributed by atoms with Gasteiger partial charge >= 0.3 is 0 Å². The zero-order valence-corrected chi connectivity index (χ0v) is 15.1. The molecule has 0 radical (unpaired) electrons. The summed E-state index contributed by atoms with van der Waals surface area (Å²) in [4.78, 5) is 13.4. The fraction of sp³-hybridized carbons (Fsp3) is 0.0556. The van der Waals surface area contributed by atoms with Crippen molar-refractivity contribution in [2.24, 2.45) is 0 Å². The molecule has 0 aliphatic carbocycles. The summed E-state index contributed by atoms with van der Waals surface area (Å²) in [5.74, 6) is 0.583. The van der Waals surface area contributed by atoms with Crippen LogP contribution in [0.25, 0.3) is 22.4 Å². The predicted molar refractivity (Wildman–Crippen MR) is 100 cm³/mol. The smallest absolute Gasteiger partial charge is 0.267 e. The van der Waals surface area contributed by atoms with E-state index in [1.807, 2.05) is 61.5 Å². The molecule has 0 saturated carbocycles. The van der Waals surface area contributed by atoms with Crippen molar-refractivity contribution in [3.05, 3.63) is 79.0 Å². The fourth-order valence-electron chi connectivity index (χ4n) is 2.50. The van der Waals surface area contributed by atoms with Gasteiger partial charge in [-0.3, -0.25) is 4.79 Å². The number of hydrogen-bond acceptors (Lipinski definition) is 4. The lowest BCUT2D eigenvalue weighted by Crippen LogP contribution is -2.23. The van der Waals surface area contributed by atoms with Crippen molar-refractivity contribution < 1.29 is 0 Å². The molecule has 0 amide bonds. The number of benzene rings is 2. The quantitative estimate of drug-likeness (QED) is 0.520. The minimum absolute atomic E-state index is 0.0875. The number of aryl methyl sites for hydroxylation is 1. The van der Waals surface area contributed by atoms with Crippen molar-refractivity contribution >= 4 is 38.3 Å². The van der Waals surface area contributed by atoms with Gasteiger partial charge < -0.3 is 0 Å².